The van der Waals surface area contributed by atoms with Crippen molar-refractivity contribution in [1.29, 1.82) is 0 Å². The maximum absolute atomic E-state index is 13.1. The molecule has 1 saturated heterocycles. The zero-order chi connectivity index (χ0) is 67.2. The van der Waals surface area contributed by atoms with Gasteiger partial charge in [0.2, 0.25) is 5.91 Å². The molecule has 1 aliphatic heterocycles. The van der Waals surface area contributed by atoms with Gasteiger partial charge in [-0.15, -0.1) is 0 Å². The van der Waals surface area contributed by atoms with Crippen LogP contribution in [0.4, 0.5) is 0 Å². The Labute approximate surface area is 575 Å². The second-order valence-electron chi connectivity index (χ2n) is 28.8. The second-order valence-corrected chi connectivity index (χ2v) is 28.8. The van der Waals surface area contributed by atoms with Gasteiger partial charge in [0.05, 0.1) is 32.0 Å². The lowest BCUT2D eigenvalue weighted by Gasteiger charge is -2.40. The van der Waals surface area contributed by atoms with Crippen molar-refractivity contribution in [3.63, 3.8) is 0 Å². The summed E-state index contributed by atoms with van der Waals surface area (Å²) >= 11 is 0. The highest BCUT2D eigenvalue weighted by Gasteiger charge is 2.44. The zero-order valence-electron chi connectivity index (χ0n) is 61.5. The molecule has 0 aliphatic carbocycles. The Morgan fingerprint density at radius 1 is 0.387 bits per heavy atom. The fourth-order valence-electron chi connectivity index (χ4n) is 13.4. The molecule has 0 saturated carbocycles. The molecule has 0 spiro atoms. The van der Waals surface area contributed by atoms with Crippen molar-refractivity contribution in [2.24, 2.45) is 0 Å². The van der Waals surface area contributed by atoms with Crippen LogP contribution in [-0.4, -0.2) is 100 Å². The van der Waals surface area contributed by atoms with E-state index in [4.69, 9.17) is 14.2 Å². The van der Waals surface area contributed by atoms with Crippen molar-refractivity contribution in [2.45, 2.75) is 468 Å². The fraction of sp³-hybridized carbons (Fsp3) is 0.927. The van der Waals surface area contributed by atoms with E-state index in [1.54, 1.807) is 6.08 Å². The number of unbranched alkanes of at least 4 members (excludes halogenated alkanes) is 58. The molecule has 0 bridgehead atoms. The van der Waals surface area contributed by atoms with E-state index in [9.17, 15) is 35.1 Å². The zero-order valence-corrected chi connectivity index (χ0v) is 61.5. The normalized spacial score (nSPS) is 17.5. The molecular weight excluding hydrogens is 1160 g/mol. The van der Waals surface area contributed by atoms with E-state index >= 15 is 0 Å². The summed E-state index contributed by atoms with van der Waals surface area (Å²) in [5.74, 6) is -0.163. The molecule has 6 N–H and O–H groups in total. The van der Waals surface area contributed by atoms with Gasteiger partial charge in [-0.3, -0.25) is 9.59 Å². The summed E-state index contributed by atoms with van der Waals surface area (Å²) in [4.78, 5) is 25.2. The molecule has 1 rings (SSSR count). The predicted molar refractivity (Wildman–Crippen MR) is 394 cm³/mol. The van der Waals surface area contributed by atoms with Crippen LogP contribution in [0.2, 0.25) is 0 Å². The summed E-state index contributed by atoms with van der Waals surface area (Å²) in [6, 6.07) is -0.822. The lowest BCUT2D eigenvalue weighted by molar-refractivity contribution is -0.302. The average molecular weight is 1320 g/mol. The van der Waals surface area contributed by atoms with Gasteiger partial charge < -0.3 is 45.1 Å². The Bertz CT molecular complexity index is 1590. The second kappa shape index (κ2) is 71.4. The molecule has 0 aromatic rings. The van der Waals surface area contributed by atoms with E-state index in [0.717, 1.165) is 51.4 Å². The van der Waals surface area contributed by atoms with Gasteiger partial charge in [0.15, 0.2) is 6.29 Å². The molecule has 0 aromatic carbocycles. The molecule has 1 aliphatic rings. The fourth-order valence-corrected chi connectivity index (χ4v) is 13.4. The van der Waals surface area contributed by atoms with Crippen LogP contribution in [0.5, 0.6) is 0 Å². The van der Waals surface area contributed by atoms with E-state index in [2.05, 4.69) is 31.3 Å². The number of allylic oxidation sites excluding steroid dienone is 3. The highest BCUT2D eigenvalue weighted by molar-refractivity contribution is 5.76. The minimum Gasteiger partial charge on any atom is -0.466 e. The van der Waals surface area contributed by atoms with Crippen LogP contribution in [-0.2, 0) is 23.8 Å². The van der Waals surface area contributed by atoms with Gasteiger partial charge >= 0.3 is 5.97 Å². The van der Waals surface area contributed by atoms with Crippen molar-refractivity contribution < 1.29 is 49.3 Å². The summed E-state index contributed by atoms with van der Waals surface area (Å²) in [5.41, 5.74) is 0. The number of rotatable bonds is 74. The number of ether oxygens (including phenoxy) is 3. The number of carbonyl (C=O) groups is 2. The third-order valence-corrected chi connectivity index (χ3v) is 19.8. The Morgan fingerprint density at radius 3 is 1.06 bits per heavy atom. The number of aliphatic hydroxyl groups is 5. The largest absolute Gasteiger partial charge is 0.466 e. The van der Waals surface area contributed by atoms with Crippen LogP contribution in [0, 0.1) is 0 Å². The highest BCUT2D eigenvalue weighted by Crippen LogP contribution is 2.24. The summed E-state index contributed by atoms with van der Waals surface area (Å²) in [6.45, 7) is 4.37. The van der Waals surface area contributed by atoms with Crippen molar-refractivity contribution in [3.05, 3.63) is 24.3 Å². The summed E-state index contributed by atoms with van der Waals surface area (Å²) in [7, 11) is 0. The first-order chi connectivity index (χ1) is 45.7. The van der Waals surface area contributed by atoms with E-state index in [1.165, 1.54) is 347 Å². The number of aliphatic hydroxyl groups excluding tert-OH is 5. The average Bonchev–Trinajstić information content (AvgIpc) is 0.962. The number of carbonyl (C=O) groups excluding carboxylic acids is 2. The first kappa shape index (κ1) is 89.2. The highest BCUT2D eigenvalue weighted by atomic mass is 16.7. The van der Waals surface area contributed by atoms with Crippen LogP contribution >= 0.6 is 0 Å². The van der Waals surface area contributed by atoms with Crippen LogP contribution in [0.3, 0.4) is 0 Å². The minimum atomic E-state index is -1.57. The SMILES string of the molecule is CCCCCCC/C=C/CC/C=C/C(O)C(COC1OC(CO)C(O)C(O)C1O)NC(=O)CCCCCCCCCCCCCCCCCCCCCCCCCCCCCCCCCCCCCCCCCOC(=O)CCCCCCCCCCCCCCCCC. The number of hydrogen-bond acceptors (Lipinski definition) is 10. The molecule has 7 atom stereocenters. The predicted octanol–water partition coefficient (Wildman–Crippen LogP) is 22.3. The number of hydrogen-bond donors (Lipinski definition) is 6. The maximum Gasteiger partial charge on any atom is 0.305 e. The van der Waals surface area contributed by atoms with Gasteiger partial charge in [-0.2, -0.15) is 0 Å². The third kappa shape index (κ3) is 59.9. The van der Waals surface area contributed by atoms with Crippen molar-refractivity contribution in [1.82, 2.24) is 5.32 Å². The Kier molecular flexibility index (Phi) is 68.5. The van der Waals surface area contributed by atoms with Crippen LogP contribution in [0.25, 0.3) is 0 Å². The monoisotopic (exact) mass is 1320 g/mol. The molecular formula is C82H157NO10. The molecule has 93 heavy (non-hydrogen) atoms. The van der Waals surface area contributed by atoms with E-state index < -0.39 is 49.5 Å². The first-order valence-corrected chi connectivity index (χ1v) is 41.1. The van der Waals surface area contributed by atoms with Gasteiger partial charge in [0.1, 0.15) is 24.4 Å². The molecule has 1 heterocycles. The quantitative estimate of drug-likeness (QED) is 0.0195. The van der Waals surface area contributed by atoms with Crippen LogP contribution < -0.4 is 5.32 Å². The van der Waals surface area contributed by atoms with Crippen molar-refractivity contribution in [3.8, 4) is 0 Å². The van der Waals surface area contributed by atoms with Crippen LogP contribution in [0.15, 0.2) is 24.3 Å². The van der Waals surface area contributed by atoms with Gasteiger partial charge in [0, 0.05) is 12.8 Å². The molecule has 0 radical (unpaired) electrons. The lowest BCUT2D eigenvalue weighted by Crippen LogP contribution is -2.60. The minimum absolute atomic E-state index is 0.0220. The van der Waals surface area contributed by atoms with Gasteiger partial charge in [0.25, 0.3) is 0 Å². The van der Waals surface area contributed by atoms with Crippen LogP contribution in [0.1, 0.15) is 425 Å². The lowest BCUT2D eigenvalue weighted by atomic mass is 9.99. The molecule has 1 amide bonds. The molecule has 550 valence electrons. The Balaban J connectivity index is 1.84. The molecule has 7 unspecified atom stereocenters. The molecule has 1 fully saturated rings. The van der Waals surface area contributed by atoms with Gasteiger partial charge in [-0.25, -0.2) is 0 Å². The van der Waals surface area contributed by atoms with Gasteiger partial charge in [-0.05, 0) is 44.9 Å². The Hall–Kier alpha value is -1.86. The van der Waals surface area contributed by atoms with Crippen molar-refractivity contribution >= 4 is 11.9 Å². The number of nitrogens with one attached hydrogen (secondary N) is 1. The van der Waals surface area contributed by atoms with Gasteiger partial charge in [-0.1, -0.05) is 391 Å². The smallest absolute Gasteiger partial charge is 0.305 e. The molecule has 11 heteroatoms. The topological polar surface area (TPSA) is 175 Å². The number of amides is 1. The molecule has 11 nitrogen and oxygen atoms in total. The van der Waals surface area contributed by atoms with E-state index in [1.807, 2.05) is 6.08 Å². The summed E-state index contributed by atoms with van der Waals surface area (Å²) < 4.78 is 16.8. The van der Waals surface area contributed by atoms with Crippen molar-refractivity contribution in [2.75, 3.05) is 19.8 Å². The summed E-state index contributed by atoms with van der Waals surface area (Å²) in [6.07, 6.45) is 82.4. The Morgan fingerprint density at radius 2 is 0.699 bits per heavy atom. The number of esters is 1. The van der Waals surface area contributed by atoms with E-state index in [-0.39, 0.29) is 18.5 Å². The molecule has 0 aromatic heterocycles. The third-order valence-electron chi connectivity index (χ3n) is 19.8. The van der Waals surface area contributed by atoms with E-state index in [0.29, 0.717) is 19.4 Å². The maximum atomic E-state index is 13.1. The first-order valence-electron chi connectivity index (χ1n) is 41.1. The summed E-state index contributed by atoms with van der Waals surface area (Å²) in [5, 5.41) is 54.4. The standard InChI is InChI=1S/C82H157NO10/c1-3-5-7-9-11-13-15-16-42-46-50-54-58-62-66-70-78(87)91-71-67-63-59-55-51-47-44-41-39-37-35-33-31-29-27-25-23-21-19-17-18-20-22-24-26-28-30-32-34-36-38-40-43-45-49-53-57-61-65-69-77(86)83-74(73-92-82-81(90)80(89)79(88)76(72-84)93-82)75(85)68-64-60-56-52-48-14-12-10-8-6-4-2/h48,52,64,68,74-76,79-82,84-85,88-90H,3-47,49-51,53-63,65-67,69-73H2,1-2H3,(H,83,86)/b52-48+,68-64+.